The van der Waals surface area contributed by atoms with Crippen molar-refractivity contribution in [1.29, 1.82) is 0 Å². The Kier molecular flexibility index (Phi) is 6.62. The zero-order valence-corrected chi connectivity index (χ0v) is 20.6. The van der Waals surface area contributed by atoms with E-state index in [0.717, 1.165) is 60.4 Å². The van der Waals surface area contributed by atoms with E-state index in [1.165, 1.54) is 0 Å². The Labute approximate surface area is 205 Å². The highest BCUT2D eigenvalue weighted by atomic mass is 32.2. The molecule has 5 rings (SSSR count). The van der Waals surface area contributed by atoms with Crippen molar-refractivity contribution in [1.82, 2.24) is 9.29 Å². The SMILES string of the molecule is COc1ccc(NC(=O)[C@H]2CCCN(c3ccc4cc(S(=O)(=O)N5CCCC5)ccc4n3)C2)cc1. The van der Waals surface area contributed by atoms with Crippen molar-refractivity contribution in [3.05, 3.63) is 54.6 Å². The first-order chi connectivity index (χ1) is 16.9. The third-order valence-corrected chi connectivity index (χ3v) is 8.72. The number of rotatable bonds is 6. The highest BCUT2D eigenvalue weighted by Gasteiger charge is 2.28. The summed E-state index contributed by atoms with van der Waals surface area (Å²) in [5.74, 6) is 1.40. The molecule has 1 aromatic heterocycles. The minimum atomic E-state index is -3.46. The number of piperidine rings is 1. The molecule has 0 saturated carbocycles. The number of carbonyl (C=O) groups is 1. The van der Waals surface area contributed by atoms with Gasteiger partial charge in [0.15, 0.2) is 0 Å². The van der Waals surface area contributed by atoms with Gasteiger partial charge in [-0.3, -0.25) is 4.79 Å². The van der Waals surface area contributed by atoms with E-state index in [9.17, 15) is 13.2 Å². The van der Waals surface area contributed by atoms with Crippen LogP contribution in [0.25, 0.3) is 10.9 Å². The molecule has 1 atom stereocenters. The second-order valence-corrected chi connectivity index (χ2v) is 11.1. The molecule has 8 nitrogen and oxygen atoms in total. The third-order valence-electron chi connectivity index (χ3n) is 6.82. The summed E-state index contributed by atoms with van der Waals surface area (Å²) < 4.78 is 32.5. The van der Waals surface area contributed by atoms with E-state index in [-0.39, 0.29) is 11.8 Å². The zero-order chi connectivity index (χ0) is 24.4. The van der Waals surface area contributed by atoms with Crippen molar-refractivity contribution in [3.63, 3.8) is 0 Å². The van der Waals surface area contributed by atoms with Crippen LogP contribution in [0.4, 0.5) is 11.5 Å². The van der Waals surface area contributed by atoms with E-state index in [4.69, 9.17) is 9.72 Å². The molecule has 1 N–H and O–H groups in total. The van der Waals surface area contributed by atoms with Crippen LogP contribution in [0.3, 0.4) is 0 Å². The van der Waals surface area contributed by atoms with Crippen LogP contribution in [0.1, 0.15) is 25.7 Å². The molecule has 2 saturated heterocycles. The normalized spacial score (nSPS) is 19.1. The minimum absolute atomic E-state index is 0.00239. The molecule has 184 valence electrons. The number of methoxy groups -OCH3 is 1. The lowest BCUT2D eigenvalue weighted by atomic mass is 9.97. The molecular weight excluding hydrogens is 464 g/mol. The van der Waals surface area contributed by atoms with Gasteiger partial charge in [-0.1, -0.05) is 0 Å². The first-order valence-corrected chi connectivity index (χ1v) is 13.5. The van der Waals surface area contributed by atoms with Gasteiger partial charge in [-0.2, -0.15) is 4.31 Å². The number of carbonyl (C=O) groups excluding carboxylic acids is 1. The molecule has 0 aliphatic carbocycles. The molecule has 3 heterocycles. The van der Waals surface area contributed by atoms with Crippen LogP contribution in [-0.2, 0) is 14.8 Å². The van der Waals surface area contributed by atoms with Crippen LogP contribution in [-0.4, -0.2) is 56.9 Å². The molecule has 0 bridgehead atoms. The van der Waals surface area contributed by atoms with Gasteiger partial charge in [0.1, 0.15) is 11.6 Å². The van der Waals surface area contributed by atoms with Gasteiger partial charge in [0.25, 0.3) is 0 Å². The molecule has 35 heavy (non-hydrogen) atoms. The summed E-state index contributed by atoms with van der Waals surface area (Å²) in [4.78, 5) is 20.1. The van der Waals surface area contributed by atoms with E-state index in [1.54, 1.807) is 29.6 Å². The smallest absolute Gasteiger partial charge is 0.243 e. The summed E-state index contributed by atoms with van der Waals surface area (Å²) in [5.41, 5.74) is 1.49. The Morgan fingerprint density at radius 3 is 2.51 bits per heavy atom. The number of ether oxygens (including phenoxy) is 1. The average Bonchev–Trinajstić information content (AvgIpc) is 3.45. The van der Waals surface area contributed by atoms with Crippen molar-refractivity contribution >= 4 is 38.3 Å². The number of nitrogens with one attached hydrogen (secondary N) is 1. The Morgan fingerprint density at radius 1 is 1.00 bits per heavy atom. The summed E-state index contributed by atoms with van der Waals surface area (Å²) in [5, 5.41) is 3.80. The Balaban J connectivity index is 1.29. The van der Waals surface area contributed by atoms with Crippen molar-refractivity contribution in [3.8, 4) is 5.75 Å². The fourth-order valence-corrected chi connectivity index (χ4v) is 6.38. The fourth-order valence-electron chi connectivity index (χ4n) is 4.82. The van der Waals surface area contributed by atoms with Crippen molar-refractivity contribution in [2.45, 2.75) is 30.6 Å². The first-order valence-electron chi connectivity index (χ1n) is 12.0. The molecule has 0 radical (unpaired) electrons. The Hall–Kier alpha value is -3.17. The lowest BCUT2D eigenvalue weighted by molar-refractivity contribution is -0.120. The van der Waals surface area contributed by atoms with Gasteiger partial charge in [-0.15, -0.1) is 0 Å². The van der Waals surface area contributed by atoms with E-state index in [1.807, 2.05) is 36.4 Å². The third kappa shape index (κ3) is 4.97. The molecule has 2 aliphatic rings. The summed E-state index contributed by atoms with van der Waals surface area (Å²) in [7, 11) is -1.85. The highest BCUT2D eigenvalue weighted by molar-refractivity contribution is 7.89. The summed E-state index contributed by atoms with van der Waals surface area (Å²) in [6.45, 7) is 2.58. The van der Waals surface area contributed by atoms with Crippen LogP contribution in [0, 0.1) is 5.92 Å². The number of pyridine rings is 1. The monoisotopic (exact) mass is 494 g/mol. The zero-order valence-electron chi connectivity index (χ0n) is 19.8. The van der Waals surface area contributed by atoms with Crippen molar-refractivity contribution in [2.75, 3.05) is 43.5 Å². The maximum absolute atomic E-state index is 12.9. The molecule has 9 heteroatoms. The van der Waals surface area contributed by atoms with Crippen molar-refractivity contribution < 1.29 is 17.9 Å². The highest BCUT2D eigenvalue weighted by Crippen LogP contribution is 2.28. The number of sulfonamides is 1. The number of anilines is 2. The van der Waals surface area contributed by atoms with Crippen LogP contribution in [0.2, 0.25) is 0 Å². The van der Waals surface area contributed by atoms with Gasteiger partial charge in [0.05, 0.1) is 23.4 Å². The number of nitrogens with zero attached hydrogens (tertiary/aromatic N) is 3. The lowest BCUT2D eigenvalue weighted by Crippen LogP contribution is -2.41. The summed E-state index contributed by atoms with van der Waals surface area (Å²) in [6, 6.07) is 16.3. The van der Waals surface area contributed by atoms with Crippen LogP contribution in [0.5, 0.6) is 5.75 Å². The van der Waals surface area contributed by atoms with E-state index in [0.29, 0.717) is 24.5 Å². The number of aromatic nitrogens is 1. The van der Waals surface area contributed by atoms with Gasteiger partial charge in [-0.05, 0) is 80.3 Å². The summed E-state index contributed by atoms with van der Waals surface area (Å²) in [6.07, 6.45) is 3.54. The van der Waals surface area contributed by atoms with Gasteiger partial charge < -0.3 is 15.0 Å². The molecule has 2 fully saturated rings. The number of hydrogen-bond donors (Lipinski definition) is 1. The van der Waals surface area contributed by atoms with Gasteiger partial charge in [0.2, 0.25) is 15.9 Å². The molecule has 3 aromatic rings. The predicted octanol–water partition coefficient (Wildman–Crippen LogP) is 3.88. The standard InChI is InChI=1S/C26H30N4O4S/c1-34-22-9-7-21(8-10-22)27-26(31)20-5-4-14-29(18-20)25-13-6-19-17-23(11-12-24(19)28-25)35(32,33)30-15-2-3-16-30/h6-13,17,20H,2-5,14-16,18H2,1H3,(H,27,31)/t20-/m0/s1. The molecule has 1 amide bonds. The largest absolute Gasteiger partial charge is 0.497 e. The number of fused-ring (bicyclic) bond motifs is 1. The minimum Gasteiger partial charge on any atom is -0.497 e. The van der Waals surface area contributed by atoms with E-state index in [2.05, 4.69) is 10.2 Å². The second-order valence-electron chi connectivity index (χ2n) is 9.14. The number of hydrogen-bond acceptors (Lipinski definition) is 6. The fraction of sp³-hybridized carbons (Fsp3) is 0.385. The number of amides is 1. The average molecular weight is 495 g/mol. The predicted molar refractivity (Wildman–Crippen MR) is 136 cm³/mol. The first kappa shape index (κ1) is 23.6. The van der Waals surface area contributed by atoms with Gasteiger partial charge in [-0.25, -0.2) is 13.4 Å². The topological polar surface area (TPSA) is 91.8 Å². The maximum atomic E-state index is 12.9. The molecule has 0 unspecified atom stereocenters. The molecule has 2 aromatic carbocycles. The molecular formula is C26H30N4O4S. The van der Waals surface area contributed by atoms with Crippen molar-refractivity contribution in [2.24, 2.45) is 5.92 Å². The van der Waals surface area contributed by atoms with Crippen LogP contribution in [0.15, 0.2) is 59.5 Å². The Bertz CT molecular complexity index is 1320. The van der Waals surface area contributed by atoms with Crippen LogP contribution < -0.4 is 15.0 Å². The maximum Gasteiger partial charge on any atom is 0.243 e. The molecule has 0 spiro atoms. The number of benzene rings is 2. The van der Waals surface area contributed by atoms with Crippen LogP contribution >= 0.6 is 0 Å². The summed E-state index contributed by atoms with van der Waals surface area (Å²) >= 11 is 0. The molecule has 2 aliphatic heterocycles. The van der Waals surface area contributed by atoms with Gasteiger partial charge >= 0.3 is 0 Å². The lowest BCUT2D eigenvalue weighted by Gasteiger charge is -2.33. The Morgan fingerprint density at radius 2 is 1.77 bits per heavy atom. The van der Waals surface area contributed by atoms with E-state index >= 15 is 0 Å². The quantitative estimate of drug-likeness (QED) is 0.559. The van der Waals surface area contributed by atoms with E-state index < -0.39 is 10.0 Å². The second kappa shape index (κ2) is 9.83. The van der Waals surface area contributed by atoms with Gasteiger partial charge in [0, 0.05) is 37.3 Å².